The van der Waals surface area contributed by atoms with Crippen LogP contribution in [0.2, 0.25) is 5.02 Å². The van der Waals surface area contributed by atoms with Crippen molar-refractivity contribution in [2.75, 3.05) is 14.1 Å². The van der Waals surface area contributed by atoms with Crippen molar-refractivity contribution in [3.63, 3.8) is 0 Å². The van der Waals surface area contributed by atoms with E-state index in [0.717, 1.165) is 0 Å². The molecule has 0 saturated carbocycles. The second-order valence-electron chi connectivity index (χ2n) is 6.53. The summed E-state index contributed by atoms with van der Waals surface area (Å²) in [5, 5.41) is 0.474. The molecule has 1 aromatic rings. The summed E-state index contributed by atoms with van der Waals surface area (Å²) in [5.41, 5.74) is -0.307. The molecule has 120 valence electrons. The fourth-order valence-corrected chi connectivity index (χ4v) is 2.11. The summed E-state index contributed by atoms with van der Waals surface area (Å²) in [7, 11) is 2.61. The summed E-state index contributed by atoms with van der Waals surface area (Å²) < 4.78 is 17.4. The van der Waals surface area contributed by atoms with Crippen LogP contribution in [0.5, 0.6) is 5.75 Å². The van der Waals surface area contributed by atoms with Gasteiger partial charge in [-0.15, -0.1) is 0 Å². The van der Waals surface area contributed by atoms with E-state index in [9.17, 15) is 4.79 Å². The molecule has 1 aliphatic heterocycles. The number of halogens is 1. The van der Waals surface area contributed by atoms with E-state index in [1.54, 1.807) is 32.3 Å². The predicted molar refractivity (Wildman–Crippen MR) is 86.9 cm³/mol. The third-order valence-electron chi connectivity index (χ3n) is 4.05. The molecule has 1 fully saturated rings. The fraction of sp³-hybridized carbons (Fsp3) is 0.533. The average molecular weight is 326 g/mol. The molecule has 0 radical (unpaired) electrons. The van der Waals surface area contributed by atoms with Crippen LogP contribution in [0.4, 0.5) is 4.79 Å². The minimum atomic E-state index is -0.618. The van der Waals surface area contributed by atoms with Gasteiger partial charge < -0.3 is 18.9 Å². The van der Waals surface area contributed by atoms with E-state index in [0.29, 0.717) is 16.2 Å². The van der Waals surface area contributed by atoms with Crippen LogP contribution in [0.1, 0.15) is 27.7 Å². The zero-order chi connectivity index (χ0) is 16.7. The Balaban J connectivity index is 2.34. The van der Waals surface area contributed by atoms with Crippen LogP contribution in [0.15, 0.2) is 18.2 Å². The molecule has 1 aromatic carbocycles. The molecule has 0 atom stereocenters. The van der Waals surface area contributed by atoms with Crippen molar-refractivity contribution in [3.05, 3.63) is 23.2 Å². The van der Waals surface area contributed by atoms with Gasteiger partial charge in [0.1, 0.15) is 5.75 Å². The number of hydrogen-bond acceptors (Lipinski definition) is 4. The third kappa shape index (κ3) is 3.24. The molecule has 2 rings (SSSR count). The fourth-order valence-electron chi connectivity index (χ4n) is 1.95. The largest absolute Gasteiger partial charge is 0.498 e. The minimum Gasteiger partial charge on any atom is -0.411 e. The summed E-state index contributed by atoms with van der Waals surface area (Å²) in [6.07, 6.45) is -0.486. The first-order valence-corrected chi connectivity index (χ1v) is 7.45. The molecule has 1 amide bonds. The number of rotatable bonds is 2. The Hall–Kier alpha value is -1.24. The highest BCUT2D eigenvalue weighted by atomic mass is 35.5. The highest BCUT2D eigenvalue weighted by Crippen LogP contribution is 2.37. The van der Waals surface area contributed by atoms with Crippen molar-refractivity contribution in [1.82, 2.24) is 4.90 Å². The van der Waals surface area contributed by atoms with Crippen molar-refractivity contribution in [2.45, 2.75) is 38.9 Å². The third-order valence-corrected chi connectivity index (χ3v) is 4.28. The Bertz CT molecular complexity index is 573. The van der Waals surface area contributed by atoms with Crippen molar-refractivity contribution in [1.29, 1.82) is 0 Å². The van der Waals surface area contributed by atoms with Gasteiger partial charge in [-0.2, -0.15) is 0 Å². The van der Waals surface area contributed by atoms with Crippen molar-refractivity contribution >= 4 is 30.3 Å². The molecule has 0 aliphatic carbocycles. The van der Waals surface area contributed by atoms with Gasteiger partial charge in [-0.1, -0.05) is 17.7 Å². The summed E-state index contributed by atoms with van der Waals surface area (Å²) in [6.45, 7) is 7.87. The van der Waals surface area contributed by atoms with E-state index in [1.807, 2.05) is 27.7 Å². The van der Waals surface area contributed by atoms with E-state index >= 15 is 0 Å². The lowest BCUT2D eigenvalue weighted by Crippen LogP contribution is -2.41. The van der Waals surface area contributed by atoms with E-state index in [1.165, 1.54) is 4.90 Å². The standard InChI is InChI=1S/C15H21BClNO4/c1-14(2)15(3,4)22-16(21-14)11-8-7-10(17)9-12(11)20-13(19)18(5)6/h7-9H,1-6H3. The average Bonchev–Trinajstić information content (AvgIpc) is 2.58. The smallest absolute Gasteiger partial charge is 0.411 e. The second-order valence-corrected chi connectivity index (χ2v) is 6.97. The Kier molecular flexibility index (Phi) is 4.48. The Morgan fingerprint density at radius 3 is 2.23 bits per heavy atom. The first-order chi connectivity index (χ1) is 10.0. The Morgan fingerprint density at radius 2 is 1.73 bits per heavy atom. The number of hydrogen-bond donors (Lipinski definition) is 0. The molecule has 7 heteroatoms. The zero-order valence-electron chi connectivity index (χ0n) is 13.8. The van der Waals surface area contributed by atoms with Crippen LogP contribution in [0.25, 0.3) is 0 Å². The molecule has 5 nitrogen and oxygen atoms in total. The first-order valence-electron chi connectivity index (χ1n) is 7.08. The Labute approximate surface area is 136 Å². The maximum absolute atomic E-state index is 11.8. The molecule has 0 bridgehead atoms. The molecule has 1 heterocycles. The van der Waals surface area contributed by atoms with Crippen LogP contribution in [0, 0.1) is 0 Å². The number of benzene rings is 1. The van der Waals surface area contributed by atoms with E-state index < -0.39 is 24.4 Å². The normalized spacial score (nSPS) is 19.1. The number of nitrogens with zero attached hydrogens (tertiary/aromatic N) is 1. The van der Waals surface area contributed by atoms with Crippen LogP contribution < -0.4 is 10.2 Å². The maximum atomic E-state index is 11.8. The van der Waals surface area contributed by atoms with Crippen LogP contribution in [0.3, 0.4) is 0 Å². The molecule has 1 aliphatic rings. The van der Waals surface area contributed by atoms with Crippen molar-refractivity contribution in [3.8, 4) is 5.75 Å². The Morgan fingerprint density at radius 1 is 1.18 bits per heavy atom. The monoisotopic (exact) mass is 325 g/mol. The van der Waals surface area contributed by atoms with E-state index in [2.05, 4.69) is 0 Å². The first kappa shape index (κ1) is 17.1. The number of ether oxygens (including phenoxy) is 1. The van der Waals surface area contributed by atoms with Crippen LogP contribution in [-0.2, 0) is 9.31 Å². The molecule has 0 spiro atoms. The number of carbonyl (C=O) groups is 1. The van der Waals surface area contributed by atoms with Gasteiger partial charge in [-0.05, 0) is 39.8 Å². The zero-order valence-corrected chi connectivity index (χ0v) is 14.5. The van der Waals surface area contributed by atoms with Gasteiger partial charge in [-0.3, -0.25) is 0 Å². The predicted octanol–water partition coefficient (Wildman–Crippen LogP) is 2.70. The van der Waals surface area contributed by atoms with E-state index in [4.69, 9.17) is 25.6 Å². The molecule has 0 aromatic heterocycles. The molecular weight excluding hydrogens is 304 g/mol. The van der Waals surface area contributed by atoms with Crippen molar-refractivity contribution < 1.29 is 18.8 Å². The van der Waals surface area contributed by atoms with E-state index in [-0.39, 0.29) is 0 Å². The molecular formula is C15H21BClNO4. The van der Waals surface area contributed by atoms with Crippen molar-refractivity contribution in [2.24, 2.45) is 0 Å². The lowest BCUT2D eigenvalue weighted by atomic mass is 9.78. The number of carbonyl (C=O) groups excluding carboxylic acids is 1. The van der Waals surface area contributed by atoms with Gasteiger partial charge in [0.05, 0.1) is 11.2 Å². The maximum Gasteiger partial charge on any atom is 0.498 e. The summed E-state index contributed by atoms with van der Waals surface area (Å²) in [4.78, 5) is 13.2. The van der Waals surface area contributed by atoms with Crippen LogP contribution in [-0.4, -0.2) is 43.4 Å². The second kappa shape index (κ2) is 5.76. The SMILES string of the molecule is CN(C)C(=O)Oc1cc(Cl)ccc1B1OC(C)(C)C(C)(C)O1. The number of amides is 1. The lowest BCUT2D eigenvalue weighted by Gasteiger charge is -2.32. The quantitative estimate of drug-likeness (QED) is 0.785. The summed E-state index contributed by atoms with van der Waals surface area (Å²) in [5.74, 6) is 0.338. The van der Waals surface area contributed by atoms with Crippen LogP contribution >= 0.6 is 11.6 Å². The molecule has 1 saturated heterocycles. The topological polar surface area (TPSA) is 48.0 Å². The van der Waals surface area contributed by atoms with Gasteiger partial charge in [0.25, 0.3) is 0 Å². The highest BCUT2D eigenvalue weighted by molar-refractivity contribution is 6.63. The summed E-state index contributed by atoms with van der Waals surface area (Å²) >= 11 is 6.01. The van der Waals surface area contributed by atoms with Gasteiger partial charge in [0.15, 0.2) is 0 Å². The lowest BCUT2D eigenvalue weighted by molar-refractivity contribution is 0.00578. The van der Waals surface area contributed by atoms with Gasteiger partial charge in [0, 0.05) is 24.6 Å². The summed E-state index contributed by atoms with van der Waals surface area (Å²) in [6, 6.07) is 5.06. The molecule has 0 unspecified atom stereocenters. The minimum absolute atomic E-state index is 0.338. The highest BCUT2D eigenvalue weighted by Gasteiger charge is 2.52. The molecule has 22 heavy (non-hydrogen) atoms. The van der Waals surface area contributed by atoms with Gasteiger partial charge in [0.2, 0.25) is 0 Å². The van der Waals surface area contributed by atoms with Gasteiger partial charge in [-0.25, -0.2) is 4.79 Å². The van der Waals surface area contributed by atoms with Gasteiger partial charge >= 0.3 is 13.2 Å². The molecule has 0 N–H and O–H groups in total.